The molecule has 14 heavy (non-hydrogen) atoms. The van der Waals surface area contributed by atoms with Crippen LogP contribution in [0, 0.1) is 17.8 Å². The van der Waals surface area contributed by atoms with Crippen LogP contribution in [0.25, 0.3) is 0 Å². The van der Waals surface area contributed by atoms with E-state index in [4.69, 9.17) is 5.73 Å². The summed E-state index contributed by atoms with van der Waals surface area (Å²) in [5, 5.41) is 3.01. The lowest BCUT2D eigenvalue weighted by molar-refractivity contribution is -0.125. The Morgan fingerprint density at radius 1 is 1.43 bits per heavy atom. The molecule has 4 atom stereocenters. The zero-order valence-electron chi connectivity index (χ0n) is 9.58. The van der Waals surface area contributed by atoms with Crippen LogP contribution >= 0.6 is 0 Å². The van der Waals surface area contributed by atoms with Crippen LogP contribution in [0.3, 0.4) is 0 Å². The van der Waals surface area contributed by atoms with E-state index in [1.54, 1.807) is 0 Å². The predicted molar refractivity (Wildman–Crippen MR) is 57.7 cm³/mol. The minimum absolute atomic E-state index is 0.00347. The van der Waals surface area contributed by atoms with Crippen molar-refractivity contribution in [1.82, 2.24) is 5.32 Å². The van der Waals surface area contributed by atoms with Gasteiger partial charge in [-0.1, -0.05) is 27.7 Å². The highest BCUT2D eigenvalue weighted by Gasteiger charge is 2.36. The third kappa shape index (κ3) is 2.27. The van der Waals surface area contributed by atoms with Crippen LogP contribution in [0.4, 0.5) is 0 Å². The Morgan fingerprint density at radius 2 is 2.00 bits per heavy atom. The molecule has 82 valence electrons. The zero-order valence-corrected chi connectivity index (χ0v) is 9.58. The average molecular weight is 198 g/mol. The van der Waals surface area contributed by atoms with Gasteiger partial charge in [0, 0.05) is 6.04 Å². The van der Waals surface area contributed by atoms with E-state index in [1.807, 2.05) is 13.8 Å². The van der Waals surface area contributed by atoms with Crippen LogP contribution in [0.1, 0.15) is 34.1 Å². The van der Waals surface area contributed by atoms with E-state index in [2.05, 4.69) is 19.2 Å². The van der Waals surface area contributed by atoms with Crippen LogP contribution < -0.4 is 11.1 Å². The molecule has 0 radical (unpaired) electrons. The molecule has 0 bridgehead atoms. The number of hydrogen-bond acceptors (Lipinski definition) is 2. The molecule has 3 nitrogen and oxygen atoms in total. The maximum atomic E-state index is 11.6. The fourth-order valence-electron chi connectivity index (χ4n) is 1.80. The molecule has 0 heterocycles. The second-order valence-corrected chi connectivity index (χ2v) is 4.96. The highest BCUT2D eigenvalue weighted by Crippen LogP contribution is 2.33. The Hall–Kier alpha value is -0.570. The third-order valence-corrected chi connectivity index (χ3v) is 3.51. The Kier molecular flexibility index (Phi) is 3.53. The summed E-state index contributed by atoms with van der Waals surface area (Å²) in [6, 6.07) is -0.0135. The van der Waals surface area contributed by atoms with Gasteiger partial charge in [-0.05, 0) is 24.2 Å². The maximum Gasteiger partial charge on any atom is 0.237 e. The lowest BCUT2D eigenvalue weighted by Gasteiger charge is -2.41. The van der Waals surface area contributed by atoms with Gasteiger partial charge in [-0.3, -0.25) is 4.79 Å². The van der Waals surface area contributed by atoms with Crippen LogP contribution in [0.2, 0.25) is 0 Å². The number of carbonyl (C=O) groups excluding carboxylic acids is 1. The number of nitrogens with two attached hydrogens (primary N) is 1. The first-order valence-corrected chi connectivity index (χ1v) is 5.49. The summed E-state index contributed by atoms with van der Waals surface area (Å²) >= 11 is 0. The SMILES string of the molecule is CC1CC(NC(=O)[C@@H](N)C(C)C)C1C. The predicted octanol–water partition coefficient (Wildman–Crippen LogP) is 1.13. The van der Waals surface area contributed by atoms with Gasteiger partial charge < -0.3 is 11.1 Å². The van der Waals surface area contributed by atoms with Gasteiger partial charge in [0.05, 0.1) is 6.04 Å². The second-order valence-electron chi connectivity index (χ2n) is 4.96. The number of carbonyl (C=O) groups is 1. The monoisotopic (exact) mass is 198 g/mol. The molecule has 3 unspecified atom stereocenters. The van der Waals surface area contributed by atoms with Crippen molar-refractivity contribution in [3.63, 3.8) is 0 Å². The van der Waals surface area contributed by atoms with Gasteiger partial charge in [-0.2, -0.15) is 0 Å². The van der Waals surface area contributed by atoms with E-state index >= 15 is 0 Å². The van der Waals surface area contributed by atoms with Crippen molar-refractivity contribution in [3.8, 4) is 0 Å². The fourth-order valence-corrected chi connectivity index (χ4v) is 1.80. The van der Waals surface area contributed by atoms with Gasteiger partial charge in [0.25, 0.3) is 0 Å². The Bertz CT molecular complexity index is 215. The standard InChI is InChI=1S/C11H22N2O/c1-6(2)10(12)11(14)13-9-5-7(3)8(9)4/h6-10H,5,12H2,1-4H3,(H,13,14)/t7?,8?,9?,10-/m0/s1. The summed E-state index contributed by atoms with van der Waals surface area (Å²) in [4.78, 5) is 11.6. The number of nitrogens with one attached hydrogen (secondary N) is 1. The van der Waals surface area contributed by atoms with E-state index < -0.39 is 0 Å². The van der Waals surface area contributed by atoms with E-state index in [0.717, 1.165) is 12.3 Å². The number of rotatable bonds is 3. The van der Waals surface area contributed by atoms with Crippen molar-refractivity contribution in [2.24, 2.45) is 23.5 Å². The molecule has 0 aromatic heterocycles. The Morgan fingerprint density at radius 3 is 2.36 bits per heavy atom. The number of hydrogen-bond donors (Lipinski definition) is 2. The van der Waals surface area contributed by atoms with Gasteiger partial charge in [0.15, 0.2) is 0 Å². The normalized spacial score (nSPS) is 33.7. The molecule has 1 aliphatic rings. The molecule has 1 fully saturated rings. The number of amides is 1. The lowest BCUT2D eigenvalue weighted by atomic mass is 9.71. The third-order valence-electron chi connectivity index (χ3n) is 3.51. The van der Waals surface area contributed by atoms with E-state index in [0.29, 0.717) is 12.0 Å². The van der Waals surface area contributed by atoms with Gasteiger partial charge in [-0.15, -0.1) is 0 Å². The molecule has 0 aromatic carbocycles. The summed E-state index contributed by atoms with van der Waals surface area (Å²) in [6.45, 7) is 8.34. The summed E-state index contributed by atoms with van der Waals surface area (Å²) in [6.07, 6.45) is 1.09. The summed E-state index contributed by atoms with van der Waals surface area (Å²) in [5.41, 5.74) is 5.76. The molecule has 0 saturated heterocycles. The van der Waals surface area contributed by atoms with Crippen LogP contribution in [0.15, 0.2) is 0 Å². The first-order chi connectivity index (χ1) is 6.43. The van der Waals surface area contributed by atoms with Gasteiger partial charge >= 0.3 is 0 Å². The van der Waals surface area contributed by atoms with Crippen LogP contribution in [0.5, 0.6) is 0 Å². The summed E-state index contributed by atoms with van der Waals surface area (Å²) < 4.78 is 0. The van der Waals surface area contributed by atoms with E-state index in [9.17, 15) is 4.79 Å². The van der Waals surface area contributed by atoms with Gasteiger partial charge in [0.2, 0.25) is 5.91 Å². The van der Waals surface area contributed by atoms with E-state index in [1.165, 1.54) is 0 Å². The molecule has 0 aliphatic heterocycles. The molecule has 0 aromatic rings. The van der Waals surface area contributed by atoms with E-state index in [-0.39, 0.29) is 17.9 Å². The second kappa shape index (κ2) is 4.30. The molecular formula is C11H22N2O. The quantitative estimate of drug-likeness (QED) is 0.714. The largest absolute Gasteiger partial charge is 0.352 e. The topological polar surface area (TPSA) is 55.1 Å². The van der Waals surface area contributed by atoms with Crippen molar-refractivity contribution < 1.29 is 4.79 Å². The lowest BCUT2D eigenvalue weighted by Crippen LogP contribution is -2.55. The Labute approximate surface area is 86.4 Å². The molecule has 1 aliphatic carbocycles. The molecule has 3 N–H and O–H groups in total. The fraction of sp³-hybridized carbons (Fsp3) is 0.909. The molecule has 1 amide bonds. The molecule has 0 spiro atoms. The summed E-state index contributed by atoms with van der Waals surface area (Å²) in [5.74, 6) is 1.54. The smallest absolute Gasteiger partial charge is 0.237 e. The highest BCUT2D eigenvalue weighted by atomic mass is 16.2. The molecule has 1 saturated carbocycles. The highest BCUT2D eigenvalue weighted by molar-refractivity contribution is 5.82. The van der Waals surface area contributed by atoms with Gasteiger partial charge in [-0.25, -0.2) is 0 Å². The molecule has 1 rings (SSSR count). The molecular weight excluding hydrogens is 176 g/mol. The van der Waals surface area contributed by atoms with Crippen LogP contribution in [-0.2, 0) is 4.79 Å². The van der Waals surface area contributed by atoms with Crippen molar-refractivity contribution in [1.29, 1.82) is 0 Å². The minimum Gasteiger partial charge on any atom is -0.352 e. The van der Waals surface area contributed by atoms with Crippen molar-refractivity contribution >= 4 is 5.91 Å². The summed E-state index contributed by atoms with van der Waals surface area (Å²) in [7, 11) is 0. The zero-order chi connectivity index (χ0) is 10.9. The van der Waals surface area contributed by atoms with Crippen LogP contribution in [-0.4, -0.2) is 18.0 Å². The Balaban J connectivity index is 2.35. The van der Waals surface area contributed by atoms with Crippen molar-refractivity contribution in [3.05, 3.63) is 0 Å². The molecule has 3 heteroatoms. The van der Waals surface area contributed by atoms with Gasteiger partial charge in [0.1, 0.15) is 0 Å². The first-order valence-electron chi connectivity index (χ1n) is 5.49. The minimum atomic E-state index is -0.363. The average Bonchev–Trinajstić information content (AvgIpc) is 2.15. The van der Waals surface area contributed by atoms with Crippen molar-refractivity contribution in [2.45, 2.75) is 46.2 Å². The first kappa shape index (κ1) is 11.5. The maximum absolute atomic E-state index is 11.6. The van der Waals surface area contributed by atoms with Crippen molar-refractivity contribution in [2.75, 3.05) is 0 Å².